The van der Waals surface area contributed by atoms with E-state index in [1.54, 1.807) is 18.2 Å². The maximum absolute atomic E-state index is 10.1. The Hall–Kier alpha value is -1.93. The van der Waals surface area contributed by atoms with Crippen molar-refractivity contribution >= 4 is 23.9 Å². The van der Waals surface area contributed by atoms with Crippen LogP contribution in [0.1, 0.15) is 5.56 Å². The van der Waals surface area contributed by atoms with Crippen LogP contribution in [0.15, 0.2) is 23.2 Å². The lowest BCUT2D eigenvalue weighted by Gasteiger charge is -2.01. The van der Waals surface area contributed by atoms with Gasteiger partial charge in [0.1, 0.15) is 0 Å². The summed E-state index contributed by atoms with van der Waals surface area (Å²) >= 11 is 0. The van der Waals surface area contributed by atoms with Crippen molar-refractivity contribution in [2.24, 2.45) is 4.99 Å². The van der Waals surface area contributed by atoms with Gasteiger partial charge in [-0.15, -0.1) is 0 Å². The molecule has 0 atom stereocenters. The van der Waals surface area contributed by atoms with Crippen molar-refractivity contribution < 1.29 is 9.59 Å². The molecule has 0 radical (unpaired) electrons. The lowest BCUT2D eigenvalue weighted by molar-refractivity contribution is -0.105. The van der Waals surface area contributed by atoms with Gasteiger partial charge in [-0.05, 0) is 24.6 Å². The van der Waals surface area contributed by atoms with Gasteiger partial charge in [0.15, 0.2) is 0 Å². The summed E-state index contributed by atoms with van der Waals surface area (Å²) in [7, 11) is 0. The van der Waals surface area contributed by atoms with Gasteiger partial charge in [-0.2, -0.15) is 4.99 Å². The minimum atomic E-state index is 0.516. The summed E-state index contributed by atoms with van der Waals surface area (Å²) in [4.78, 5) is 23.6. The maximum Gasteiger partial charge on any atom is 0.240 e. The number of isocyanates is 1. The van der Waals surface area contributed by atoms with E-state index in [0.29, 0.717) is 17.8 Å². The van der Waals surface area contributed by atoms with Crippen LogP contribution >= 0.6 is 0 Å². The highest BCUT2D eigenvalue weighted by Crippen LogP contribution is 2.21. The number of nitrogens with one attached hydrogen (secondary N) is 1. The van der Waals surface area contributed by atoms with Crippen LogP contribution in [0.25, 0.3) is 0 Å². The summed E-state index contributed by atoms with van der Waals surface area (Å²) in [6.45, 7) is 1.82. The smallest absolute Gasteiger partial charge is 0.240 e. The molecule has 4 heteroatoms. The molecular formula is C9H8N2O2. The average molecular weight is 176 g/mol. The number of aryl methyl sites for hydroxylation is 1. The zero-order valence-electron chi connectivity index (χ0n) is 7.07. The topological polar surface area (TPSA) is 58.5 Å². The molecule has 1 aromatic carbocycles. The Bertz CT molecular complexity index is 368. The Labute approximate surface area is 75.3 Å². The van der Waals surface area contributed by atoms with E-state index in [9.17, 15) is 9.59 Å². The number of nitrogens with zero attached hydrogens (tertiary/aromatic N) is 1. The Morgan fingerprint density at radius 3 is 2.92 bits per heavy atom. The predicted molar refractivity (Wildman–Crippen MR) is 48.6 cm³/mol. The molecule has 0 saturated carbocycles. The monoisotopic (exact) mass is 176 g/mol. The lowest BCUT2D eigenvalue weighted by Crippen LogP contribution is -1.93. The zero-order chi connectivity index (χ0) is 9.68. The lowest BCUT2D eigenvalue weighted by atomic mass is 10.2. The Morgan fingerprint density at radius 2 is 2.31 bits per heavy atom. The second-order valence-corrected chi connectivity index (χ2v) is 2.47. The molecule has 1 rings (SSSR count). The van der Waals surface area contributed by atoms with Crippen LogP contribution < -0.4 is 5.32 Å². The van der Waals surface area contributed by atoms with E-state index in [1.807, 2.05) is 6.92 Å². The largest absolute Gasteiger partial charge is 0.329 e. The Kier molecular flexibility index (Phi) is 2.95. The Morgan fingerprint density at radius 1 is 1.54 bits per heavy atom. The van der Waals surface area contributed by atoms with E-state index in [-0.39, 0.29) is 0 Å². The van der Waals surface area contributed by atoms with Crippen molar-refractivity contribution in [1.82, 2.24) is 0 Å². The molecule has 0 aliphatic carbocycles. The van der Waals surface area contributed by atoms with Crippen LogP contribution in [0.2, 0.25) is 0 Å². The molecule has 0 aromatic heterocycles. The summed E-state index contributed by atoms with van der Waals surface area (Å²) in [5.41, 5.74) is 1.98. The Balaban J connectivity index is 3.10. The molecule has 0 aliphatic rings. The number of anilines is 1. The molecule has 1 amide bonds. The molecule has 13 heavy (non-hydrogen) atoms. The number of carbonyl (C=O) groups is 1. The van der Waals surface area contributed by atoms with Gasteiger partial charge in [0.05, 0.1) is 5.69 Å². The average Bonchev–Trinajstić information content (AvgIpc) is 2.12. The fourth-order valence-corrected chi connectivity index (χ4v) is 0.937. The second kappa shape index (κ2) is 4.18. The second-order valence-electron chi connectivity index (χ2n) is 2.47. The van der Waals surface area contributed by atoms with Crippen molar-refractivity contribution in [3.05, 3.63) is 23.8 Å². The molecule has 0 spiro atoms. The first-order valence-corrected chi connectivity index (χ1v) is 3.66. The van der Waals surface area contributed by atoms with E-state index in [2.05, 4.69) is 10.3 Å². The SMILES string of the molecule is Cc1ccc(NC=O)cc1N=C=O. The van der Waals surface area contributed by atoms with E-state index in [1.165, 1.54) is 6.08 Å². The summed E-state index contributed by atoms with van der Waals surface area (Å²) in [6, 6.07) is 5.10. The number of benzene rings is 1. The standard InChI is InChI=1S/C9H8N2O2/c1-7-2-3-8(10-5-12)4-9(7)11-6-13/h2-5H,1H3,(H,10,12). The highest BCUT2D eigenvalue weighted by atomic mass is 16.1. The van der Waals surface area contributed by atoms with E-state index >= 15 is 0 Å². The summed E-state index contributed by atoms with van der Waals surface area (Å²) in [5, 5.41) is 2.46. The summed E-state index contributed by atoms with van der Waals surface area (Å²) in [6.07, 6.45) is 2.02. The number of hydrogen-bond acceptors (Lipinski definition) is 3. The van der Waals surface area contributed by atoms with Crippen molar-refractivity contribution in [3.63, 3.8) is 0 Å². The van der Waals surface area contributed by atoms with Gasteiger partial charge < -0.3 is 5.32 Å². The molecule has 0 heterocycles. The number of amides is 1. The van der Waals surface area contributed by atoms with Crippen LogP contribution in [0, 0.1) is 6.92 Å². The maximum atomic E-state index is 10.1. The van der Waals surface area contributed by atoms with Crippen molar-refractivity contribution in [3.8, 4) is 0 Å². The number of carbonyl (C=O) groups excluding carboxylic acids is 2. The van der Waals surface area contributed by atoms with Crippen molar-refractivity contribution in [2.45, 2.75) is 6.92 Å². The molecule has 4 nitrogen and oxygen atoms in total. The number of hydrogen-bond donors (Lipinski definition) is 1. The molecule has 0 aliphatic heterocycles. The van der Waals surface area contributed by atoms with Gasteiger partial charge >= 0.3 is 0 Å². The van der Waals surface area contributed by atoms with Crippen LogP contribution in [0.5, 0.6) is 0 Å². The van der Waals surface area contributed by atoms with Gasteiger partial charge in [0.25, 0.3) is 0 Å². The predicted octanol–water partition coefficient (Wildman–Crippen LogP) is 1.53. The molecule has 1 N–H and O–H groups in total. The summed E-state index contributed by atoms with van der Waals surface area (Å²) < 4.78 is 0. The van der Waals surface area contributed by atoms with E-state index in [4.69, 9.17) is 0 Å². The fourth-order valence-electron chi connectivity index (χ4n) is 0.937. The van der Waals surface area contributed by atoms with E-state index in [0.717, 1.165) is 5.56 Å². The molecule has 0 fully saturated rings. The first-order chi connectivity index (χ1) is 6.27. The summed E-state index contributed by atoms with van der Waals surface area (Å²) in [5.74, 6) is 0. The van der Waals surface area contributed by atoms with Gasteiger partial charge in [-0.3, -0.25) is 4.79 Å². The normalized spacial score (nSPS) is 8.69. The van der Waals surface area contributed by atoms with Gasteiger partial charge in [-0.1, -0.05) is 6.07 Å². The highest BCUT2D eigenvalue weighted by Gasteiger charge is 1.97. The third-order valence-corrected chi connectivity index (χ3v) is 1.60. The third kappa shape index (κ3) is 2.25. The van der Waals surface area contributed by atoms with E-state index < -0.39 is 0 Å². The van der Waals surface area contributed by atoms with Crippen LogP contribution in [0.4, 0.5) is 11.4 Å². The fraction of sp³-hybridized carbons (Fsp3) is 0.111. The van der Waals surface area contributed by atoms with Gasteiger partial charge in [0, 0.05) is 5.69 Å². The first-order valence-electron chi connectivity index (χ1n) is 3.66. The van der Waals surface area contributed by atoms with Gasteiger partial charge in [0.2, 0.25) is 12.5 Å². The zero-order valence-corrected chi connectivity index (χ0v) is 7.07. The first kappa shape index (κ1) is 9.16. The molecule has 66 valence electrons. The number of aliphatic imine (C=N–C) groups is 1. The van der Waals surface area contributed by atoms with Crippen LogP contribution in [-0.4, -0.2) is 12.5 Å². The minimum absolute atomic E-state index is 0.516. The third-order valence-electron chi connectivity index (χ3n) is 1.60. The van der Waals surface area contributed by atoms with Gasteiger partial charge in [-0.25, -0.2) is 4.79 Å². The van der Waals surface area contributed by atoms with Crippen molar-refractivity contribution in [2.75, 3.05) is 5.32 Å². The molecule has 0 saturated heterocycles. The number of rotatable bonds is 3. The van der Waals surface area contributed by atoms with Crippen molar-refractivity contribution in [1.29, 1.82) is 0 Å². The molecular weight excluding hydrogens is 168 g/mol. The minimum Gasteiger partial charge on any atom is -0.329 e. The molecule has 1 aromatic rings. The quantitative estimate of drug-likeness (QED) is 0.431. The van der Waals surface area contributed by atoms with Crippen LogP contribution in [-0.2, 0) is 9.59 Å². The van der Waals surface area contributed by atoms with Crippen LogP contribution in [0.3, 0.4) is 0 Å². The molecule has 0 bridgehead atoms. The highest BCUT2D eigenvalue weighted by molar-refractivity contribution is 5.74. The molecule has 0 unspecified atom stereocenters.